The molecule has 0 spiro atoms. The van der Waals surface area contributed by atoms with Crippen molar-refractivity contribution in [1.29, 1.82) is 0 Å². The molecule has 27 heavy (non-hydrogen) atoms. The highest BCUT2D eigenvalue weighted by Gasteiger charge is 2.09. The number of halogens is 1. The fraction of sp³-hybridized carbons (Fsp3) is 0.263. The van der Waals surface area contributed by atoms with Gasteiger partial charge in [0, 0.05) is 32.8 Å². The van der Waals surface area contributed by atoms with E-state index < -0.39 is 0 Å². The number of aromatic nitrogens is 3. The third kappa shape index (κ3) is 6.63. The predicted octanol–water partition coefficient (Wildman–Crippen LogP) is 2.70. The van der Waals surface area contributed by atoms with Crippen molar-refractivity contribution in [2.75, 3.05) is 20.1 Å². The van der Waals surface area contributed by atoms with Gasteiger partial charge in [0.1, 0.15) is 5.69 Å². The van der Waals surface area contributed by atoms with E-state index >= 15 is 0 Å². The van der Waals surface area contributed by atoms with Crippen LogP contribution in [0.25, 0.3) is 11.6 Å². The lowest BCUT2D eigenvalue weighted by molar-refractivity contribution is 0.421. The van der Waals surface area contributed by atoms with Crippen LogP contribution >= 0.6 is 24.0 Å². The van der Waals surface area contributed by atoms with Gasteiger partial charge in [0.2, 0.25) is 0 Å². The average molecular weight is 478 g/mol. The summed E-state index contributed by atoms with van der Waals surface area (Å²) in [5.41, 5.74) is 1.97. The van der Waals surface area contributed by atoms with Gasteiger partial charge in [-0.25, -0.2) is 0 Å². The number of benzene rings is 1. The minimum atomic E-state index is 0. The van der Waals surface area contributed by atoms with Crippen LogP contribution in [0.15, 0.2) is 64.2 Å². The number of nitrogens with one attached hydrogen (secondary N) is 2. The van der Waals surface area contributed by atoms with Crippen LogP contribution in [0, 0.1) is 0 Å². The molecule has 3 rings (SSSR count). The summed E-state index contributed by atoms with van der Waals surface area (Å²) in [5, 5.41) is 10.5. The van der Waals surface area contributed by atoms with Crippen molar-refractivity contribution in [3.05, 3.63) is 66.1 Å². The van der Waals surface area contributed by atoms with Gasteiger partial charge in [-0.15, -0.1) is 24.0 Å². The van der Waals surface area contributed by atoms with E-state index in [1.807, 2.05) is 36.4 Å². The number of rotatable bonds is 7. The van der Waals surface area contributed by atoms with Gasteiger partial charge < -0.3 is 15.2 Å². The minimum Gasteiger partial charge on any atom is -0.356 e. The second kappa shape index (κ2) is 11.3. The van der Waals surface area contributed by atoms with Crippen LogP contribution in [-0.2, 0) is 12.8 Å². The molecule has 2 aromatic heterocycles. The maximum absolute atomic E-state index is 5.25. The first-order chi connectivity index (χ1) is 12.8. The zero-order valence-corrected chi connectivity index (χ0v) is 17.5. The van der Waals surface area contributed by atoms with Crippen molar-refractivity contribution in [2.45, 2.75) is 12.8 Å². The topological polar surface area (TPSA) is 88.2 Å². The van der Waals surface area contributed by atoms with Crippen LogP contribution in [0.2, 0.25) is 0 Å². The summed E-state index contributed by atoms with van der Waals surface area (Å²) in [7, 11) is 1.76. The molecule has 0 aliphatic rings. The lowest BCUT2D eigenvalue weighted by atomic mass is 10.1. The Labute approximate surface area is 175 Å². The monoisotopic (exact) mass is 478 g/mol. The van der Waals surface area contributed by atoms with Crippen LogP contribution in [0.5, 0.6) is 0 Å². The highest BCUT2D eigenvalue weighted by molar-refractivity contribution is 14.0. The quantitative estimate of drug-likeness (QED) is 0.309. The first-order valence-corrected chi connectivity index (χ1v) is 8.57. The number of nitrogens with zero attached hydrogens (tertiary/aromatic N) is 4. The SMILES string of the molecule is CN=C(NCCc1ccccc1)NCCc1noc(-c2ccccn2)n1.I. The van der Waals surface area contributed by atoms with Crippen LogP contribution in [0.1, 0.15) is 11.4 Å². The standard InChI is InChI=1S/C19H22N6O.HI/c1-20-19(22-13-10-15-7-3-2-4-8-15)23-14-11-17-24-18(26-25-17)16-9-5-6-12-21-16;/h2-9,12H,10-11,13-14H2,1H3,(H2,20,22,23);1H. The third-order valence-electron chi connectivity index (χ3n) is 3.77. The second-order valence-corrected chi connectivity index (χ2v) is 5.64. The van der Waals surface area contributed by atoms with Crippen LogP contribution in [0.4, 0.5) is 0 Å². The van der Waals surface area contributed by atoms with E-state index in [1.165, 1.54) is 5.56 Å². The lowest BCUT2D eigenvalue weighted by Crippen LogP contribution is -2.39. The van der Waals surface area contributed by atoms with Gasteiger partial charge in [0.15, 0.2) is 11.8 Å². The summed E-state index contributed by atoms with van der Waals surface area (Å²) in [6.45, 7) is 1.47. The van der Waals surface area contributed by atoms with Gasteiger partial charge >= 0.3 is 0 Å². The zero-order valence-electron chi connectivity index (χ0n) is 15.1. The molecule has 0 atom stereocenters. The molecule has 0 aliphatic heterocycles. The van der Waals surface area contributed by atoms with Crippen molar-refractivity contribution >= 4 is 29.9 Å². The Morgan fingerprint density at radius 1 is 1.00 bits per heavy atom. The van der Waals surface area contributed by atoms with E-state index in [0.29, 0.717) is 30.4 Å². The van der Waals surface area contributed by atoms with Gasteiger partial charge in [0.25, 0.3) is 5.89 Å². The molecule has 0 unspecified atom stereocenters. The second-order valence-electron chi connectivity index (χ2n) is 5.64. The Bertz CT molecular complexity index is 822. The van der Waals surface area contributed by atoms with E-state index in [0.717, 1.165) is 18.9 Å². The highest BCUT2D eigenvalue weighted by atomic mass is 127. The Hall–Kier alpha value is -2.49. The minimum absolute atomic E-state index is 0. The van der Waals surface area contributed by atoms with Gasteiger partial charge in [-0.2, -0.15) is 4.98 Å². The van der Waals surface area contributed by atoms with Crippen molar-refractivity contribution in [2.24, 2.45) is 4.99 Å². The Balaban J connectivity index is 0.00000261. The molecule has 0 amide bonds. The fourth-order valence-electron chi connectivity index (χ4n) is 2.43. The fourth-order valence-corrected chi connectivity index (χ4v) is 2.43. The van der Waals surface area contributed by atoms with Crippen molar-refractivity contribution < 1.29 is 4.52 Å². The molecule has 0 bridgehead atoms. The van der Waals surface area contributed by atoms with Crippen molar-refractivity contribution in [3.8, 4) is 11.6 Å². The molecule has 0 saturated heterocycles. The van der Waals surface area contributed by atoms with Gasteiger partial charge in [-0.05, 0) is 24.1 Å². The van der Waals surface area contributed by atoms with Gasteiger partial charge in [0.05, 0.1) is 0 Å². The highest BCUT2D eigenvalue weighted by Crippen LogP contribution is 2.13. The van der Waals surface area contributed by atoms with Gasteiger partial charge in [-0.1, -0.05) is 41.6 Å². The molecule has 0 fully saturated rings. The Morgan fingerprint density at radius 2 is 1.74 bits per heavy atom. The first kappa shape index (κ1) is 20.8. The van der Waals surface area contributed by atoms with E-state index in [4.69, 9.17) is 4.52 Å². The molecule has 0 saturated carbocycles. The summed E-state index contributed by atoms with van der Waals surface area (Å²) in [4.78, 5) is 12.8. The lowest BCUT2D eigenvalue weighted by Gasteiger charge is -2.11. The molecule has 7 nitrogen and oxygen atoms in total. The maximum atomic E-state index is 5.25. The third-order valence-corrected chi connectivity index (χ3v) is 3.77. The normalized spacial score (nSPS) is 10.9. The van der Waals surface area contributed by atoms with Crippen molar-refractivity contribution in [1.82, 2.24) is 25.8 Å². The number of guanidine groups is 1. The number of pyridine rings is 1. The molecule has 2 heterocycles. The van der Waals surface area contributed by atoms with Crippen LogP contribution in [0.3, 0.4) is 0 Å². The Morgan fingerprint density at radius 3 is 2.44 bits per heavy atom. The number of hydrogen-bond acceptors (Lipinski definition) is 5. The van der Waals surface area contributed by atoms with Crippen LogP contribution < -0.4 is 10.6 Å². The van der Waals surface area contributed by atoms with Crippen LogP contribution in [-0.4, -0.2) is 41.2 Å². The summed E-state index contributed by atoms with van der Waals surface area (Å²) in [5.74, 6) is 1.83. The zero-order chi connectivity index (χ0) is 18.0. The number of hydrogen-bond donors (Lipinski definition) is 2. The Kier molecular flexibility index (Phi) is 8.69. The maximum Gasteiger partial charge on any atom is 0.276 e. The summed E-state index contributed by atoms with van der Waals surface area (Å²) in [6.07, 6.45) is 3.28. The summed E-state index contributed by atoms with van der Waals surface area (Å²) >= 11 is 0. The van der Waals surface area contributed by atoms with Gasteiger partial charge in [-0.3, -0.25) is 9.98 Å². The predicted molar refractivity (Wildman–Crippen MR) is 116 cm³/mol. The molecule has 3 aromatic rings. The van der Waals surface area contributed by atoms with E-state index in [9.17, 15) is 0 Å². The molecular weight excluding hydrogens is 455 g/mol. The largest absolute Gasteiger partial charge is 0.356 e. The number of aliphatic imine (C=N–C) groups is 1. The smallest absolute Gasteiger partial charge is 0.276 e. The van der Waals surface area contributed by atoms with E-state index in [2.05, 4.69) is 42.9 Å². The average Bonchev–Trinajstić information content (AvgIpc) is 3.17. The van der Waals surface area contributed by atoms with E-state index in [-0.39, 0.29) is 24.0 Å². The molecule has 1 aromatic carbocycles. The molecule has 2 N–H and O–H groups in total. The molecule has 0 aliphatic carbocycles. The first-order valence-electron chi connectivity index (χ1n) is 8.57. The summed E-state index contributed by atoms with van der Waals surface area (Å²) in [6, 6.07) is 15.9. The van der Waals surface area contributed by atoms with Crippen molar-refractivity contribution in [3.63, 3.8) is 0 Å². The summed E-state index contributed by atoms with van der Waals surface area (Å²) < 4.78 is 5.25. The molecule has 8 heteroatoms. The van der Waals surface area contributed by atoms with E-state index in [1.54, 1.807) is 13.2 Å². The molecular formula is C19H23IN6O. The molecule has 0 radical (unpaired) electrons. The molecule has 142 valence electrons.